The number of ether oxygens (including phenoxy) is 1. The predicted molar refractivity (Wildman–Crippen MR) is 114 cm³/mol. The number of pyridine rings is 1. The molecule has 1 N–H and O–H groups in total. The van der Waals surface area contributed by atoms with Gasteiger partial charge in [0.1, 0.15) is 24.0 Å². The zero-order valence-electron chi connectivity index (χ0n) is 15.1. The Morgan fingerprint density at radius 1 is 1.07 bits per heavy atom. The quantitative estimate of drug-likeness (QED) is 0.418. The minimum absolute atomic E-state index is 0.116. The number of carbonyl (C=O) groups excluding carboxylic acids is 1. The number of nitriles is 1. The number of amides is 1. The van der Waals surface area contributed by atoms with Crippen molar-refractivity contribution in [3.05, 3.63) is 93.7 Å². The summed E-state index contributed by atoms with van der Waals surface area (Å²) in [7, 11) is 0. The smallest absolute Gasteiger partial charge is 0.266 e. The van der Waals surface area contributed by atoms with Gasteiger partial charge in [-0.15, -0.1) is 0 Å². The Bertz CT molecular complexity index is 1070. The second-order valence-corrected chi connectivity index (χ2v) is 6.68. The fraction of sp³-hybridized carbons (Fsp3) is 0.0455. The lowest BCUT2D eigenvalue weighted by Gasteiger charge is -2.10. The molecule has 3 aromatic rings. The van der Waals surface area contributed by atoms with Gasteiger partial charge in [-0.3, -0.25) is 9.78 Å². The molecule has 0 aliphatic rings. The van der Waals surface area contributed by atoms with Crippen molar-refractivity contribution in [2.24, 2.45) is 0 Å². The van der Waals surface area contributed by atoms with Crippen LogP contribution in [0.15, 0.2) is 72.4 Å². The fourth-order valence-electron chi connectivity index (χ4n) is 2.47. The van der Waals surface area contributed by atoms with E-state index in [1.54, 1.807) is 48.7 Å². The normalized spacial score (nSPS) is 10.9. The monoisotopic (exact) mass is 423 g/mol. The first-order valence-corrected chi connectivity index (χ1v) is 9.33. The lowest BCUT2D eigenvalue weighted by atomic mass is 10.1. The van der Waals surface area contributed by atoms with E-state index in [1.165, 1.54) is 6.08 Å². The molecule has 0 saturated carbocycles. The molecule has 144 valence electrons. The lowest BCUT2D eigenvalue weighted by molar-refractivity contribution is -0.112. The Balaban J connectivity index is 1.82. The van der Waals surface area contributed by atoms with E-state index in [4.69, 9.17) is 27.9 Å². The van der Waals surface area contributed by atoms with Crippen molar-refractivity contribution in [2.75, 3.05) is 5.32 Å². The number of para-hydroxylation sites is 2. The van der Waals surface area contributed by atoms with Gasteiger partial charge in [-0.05, 0) is 36.4 Å². The van der Waals surface area contributed by atoms with E-state index < -0.39 is 5.91 Å². The molecule has 1 heterocycles. The number of hydrogen-bond acceptors (Lipinski definition) is 4. The molecule has 0 aliphatic heterocycles. The van der Waals surface area contributed by atoms with Crippen molar-refractivity contribution < 1.29 is 9.53 Å². The molecule has 0 bridgehead atoms. The third-order valence-corrected chi connectivity index (χ3v) is 4.52. The van der Waals surface area contributed by atoms with Gasteiger partial charge >= 0.3 is 0 Å². The van der Waals surface area contributed by atoms with Crippen molar-refractivity contribution in [3.63, 3.8) is 0 Å². The number of nitrogens with one attached hydrogen (secondary N) is 1. The second-order valence-electron chi connectivity index (χ2n) is 5.87. The van der Waals surface area contributed by atoms with Gasteiger partial charge in [0.15, 0.2) is 0 Å². The Hall–Kier alpha value is -3.33. The summed E-state index contributed by atoms with van der Waals surface area (Å²) in [6, 6.07) is 19.4. The second kappa shape index (κ2) is 9.74. The van der Waals surface area contributed by atoms with Gasteiger partial charge in [0.25, 0.3) is 5.91 Å². The van der Waals surface area contributed by atoms with Crippen LogP contribution in [0.25, 0.3) is 6.08 Å². The number of carbonyl (C=O) groups is 1. The van der Waals surface area contributed by atoms with E-state index in [9.17, 15) is 10.1 Å². The largest absolute Gasteiger partial charge is 0.487 e. The SMILES string of the molecule is N#C/C(=C\c1ccccc1OCc1ccccn1)C(=O)Nc1c(Cl)cccc1Cl. The number of halogens is 2. The standard InChI is InChI=1S/C22H15Cl2N3O2/c23-18-8-5-9-19(24)21(18)27-22(28)16(13-25)12-15-6-1-2-10-20(15)29-14-17-7-3-4-11-26-17/h1-12H,14H2,(H,27,28)/b16-12+. The summed E-state index contributed by atoms with van der Waals surface area (Å²) < 4.78 is 5.81. The minimum Gasteiger partial charge on any atom is -0.487 e. The molecule has 0 spiro atoms. The number of hydrogen-bond donors (Lipinski definition) is 1. The molecule has 0 fully saturated rings. The van der Waals surface area contributed by atoms with Crippen LogP contribution in [0, 0.1) is 11.3 Å². The van der Waals surface area contributed by atoms with Crippen LogP contribution >= 0.6 is 23.2 Å². The number of anilines is 1. The molecule has 0 atom stereocenters. The van der Waals surface area contributed by atoms with Crippen LogP contribution in [0.1, 0.15) is 11.3 Å². The highest BCUT2D eigenvalue weighted by Crippen LogP contribution is 2.30. The third-order valence-electron chi connectivity index (χ3n) is 3.89. The molecule has 0 unspecified atom stereocenters. The number of nitrogens with zero attached hydrogens (tertiary/aromatic N) is 2. The Morgan fingerprint density at radius 2 is 1.79 bits per heavy atom. The summed E-state index contributed by atoms with van der Waals surface area (Å²) in [4.78, 5) is 16.8. The van der Waals surface area contributed by atoms with E-state index in [0.717, 1.165) is 5.69 Å². The van der Waals surface area contributed by atoms with Crippen LogP contribution in [-0.2, 0) is 11.4 Å². The summed E-state index contributed by atoms with van der Waals surface area (Å²) in [6.07, 6.45) is 3.14. The van der Waals surface area contributed by atoms with E-state index in [0.29, 0.717) is 11.3 Å². The zero-order valence-corrected chi connectivity index (χ0v) is 16.6. The molecule has 0 saturated heterocycles. The Labute approximate surface area is 178 Å². The Kier molecular flexibility index (Phi) is 6.85. The Morgan fingerprint density at radius 3 is 2.48 bits per heavy atom. The summed E-state index contributed by atoms with van der Waals surface area (Å²) in [5.74, 6) is -0.100. The maximum absolute atomic E-state index is 12.6. The first kappa shape index (κ1) is 20.4. The maximum atomic E-state index is 12.6. The van der Waals surface area contributed by atoms with Crippen molar-refractivity contribution in [2.45, 2.75) is 6.61 Å². The molecule has 0 aliphatic carbocycles. The van der Waals surface area contributed by atoms with Gasteiger partial charge in [-0.1, -0.05) is 53.5 Å². The summed E-state index contributed by atoms with van der Waals surface area (Å²) >= 11 is 12.2. The number of aromatic nitrogens is 1. The van der Waals surface area contributed by atoms with Gasteiger partial charge in [0, 0.05) is 11.8 Å². The molecule has 0 radical (unpaired) electrons. The fourth-order valence-corrected chi connectivity index (χ4v) is 2.96. The van der Waals surface area contributed by atoms with E-state index in [-0.39, 0.29) is 27.9 Å². The lowest BCUT2D eigenvalue weighted by Crippen LogP contribution is -2.14. The average molecular weight is 424 g/mol. The first-order valence-electron chi connectivity index (χ1n) is 8.57. The predicted octanol–water partition coefficient (Wildman–Crippen LogP) is 5.51. The molecule has 1 amide bonds. The van der Waals surface area contributed by atoms with Gasteiger partial charge in [-0.2, -0.15) is 5.26 Å². The molecule has 1 aromatic heterocycles. The molecular weight excluding hydrogens is 409 g/mol. The van der Waals surface area contributed by atoms with Crippen LogP contribution in [0.2, 0.25) is 10.0 Å². The highest BCUT2D eigenvalue weighted by atomic mass is 35.5. The van der Waals surface area contributed by atoms with Crippen molar-refractivity contribution >= 4 is 40.9 Å². The van der Waals surface area contributed by atoms with Crippen LogP contribution in [-0.4, -0.2) is 10.9 Å². The van der Waals surface area contributed by atoms with E-state index in [2.05, 4.69) is 10.3 Å². The van der Waals surface area contributed by atoms with E-state index >= 15 is 0 Å². The van der Waals surface area contributed by atoms with Crippen LogP contribution in [0.3, 0.4) is 0 Å². The van der Waals surface area contributed by atoms with Gasteiger partial charge in [0.05, 0.1) is 21.4 Å². The number of benzene rings is 2. The van der Waals surface area contributed by atoms with E-state index in [1.807, 2.05) is 24.3 Å². The summed E-state index contributed by atoms with van der Waals surface area (Å²) in [5.41, 5.74) is 1.48. The average Bonchev–Trinajstić information content (AvgIpc) is 2.74. The first-order chi connectivity index (χ1) is 14.1. The van der Waals surface area contributed by atoms with Crippen molar-refractivity contribution in [1.29, 1.82) is 5.26 Å². The molecular formula is C22H15Cl2N3O2. The molecule has 3 rings (SSSR count). The molecule has 29 heavy (non-hydrogen) atoms. The van der Waals surface area contributed by atoms with Crippen LogP contribution in [0.5, 0.6) is 5.75 Å². The highest BCUT2D eigenvalue weighted by molar-refractivity contribution is 6.40. The molecule has 7 heteroatoms. The van der Waals surface area contributed by atoms with Crippen molar-refractivity contribution in [1.82, 2.24) is 4.98 Å². The maximum Gasteiger partial charge on any atom is 0.266 e. The molecule has 5 nitrogen and oxygen atoms in total. The van der Waals surface area contributed by atoms with Gasteiger partial charge < -0.3 is 10.1 Å². The van der Waals surface area contributed by atoms with Gasteiger partial charge in [0.2, 0.25) is 0 Å². The topological polar surface area (TPSA) is 75.0 Å². The zero-order chi connectivity index (χ0) is 20.6. The third kappa shape index (κ3) is 5.35. The summed E-state index contributed by atoms with van der Waals surface area (Å²) in [5, 5.41) is 12.6. The minimum atomic E-state index is -0.623. The number of rotatable bonds is 6. The molecule has 2 aromatic carbocycles. The van der Waals surface area contributed by atoms with Crippen LogP contribution < -0.4 is 10.1 Å². The van der Waals surface area contributed by atoms with Crippen LogP contribution in [0.4, 0.5) is 5.69 Å². The van der Waals surface area contributed by atoms with Gasteiger partial charge in [-0.25, -0.2) is 0 Å². The summed E-state index contributed by atoms with van der Waals surface area (Å²) in [6.45, 7) is 0.259. The van der Waals surface area contributed by atoms with Crippen molar-refractivity contribution in [3.8, 4) is 11.8 Å². The highest BCUT2D eigenvalue weighted by Gasteiger charge is 2.15.